The monoisotopic (exact) mass is 336 g/mol. The summed E-state index contributed by atoms with van der Waals surface area (Å²) in [7, 11) is 0. The number of ether oxygens (including phenoxy) is 3. The lowest BCUT2D eigenvalue weighted by Gasteiger charge is -2.18. The van der Waals surface area contributed by atoms with Gasteiger partial charge >= 0.3 is 18.2 Å². The van der Waals surface area contributed by atoms with Crippen LogP contribution in [0.3, 0.4) is 0 Å². The molecule has 1 atom stereocenters. The minimum Gasteiger partial charge on any atom is -0.458 e. The molecule has 2 rings (SSSR count). The Morgan fingerprint density at radius 1 is 1.38 bits per heavy atom. The number of esters is 1. The van der Waals surface area contributed by atoms with Crippen LogP contribution in [0.5, 0.6) is 0 Å². The molecule has 0 bridgehead atoms. The number of aryl methyl sites for hydroxylation is 1. The van der Waals surface area contributed by atoms with E-state index in [1.54, 1.807) is 25.1 Å². The number of cyclic esters (lactones) is 1. The van der Waals surface area contributed by atoms with Gasteiger partial charge in [-0.05, 0) is 37.6 Å². The first-order chi connectivity index (χ1) is 12.0. The first-order valence-electron chi connectivity index (χ1n) is 7.85. The van der Waals surface area contributed by atoms with Crippen molar-refractivity contribution >= 4 is 29.5 Å². The van der Waals surface area contributed by atoms with Crippen molar-refractivity contribution in [3.63, 3.8) is 0 Å². The van der Waals surface area contributed by atoms with Gasteiger partial charge < -0.3 is 14.2 Å². The fraction of sp³-hybridized carbons (Fsp3) is 0.312. The van der Waals surface area contributed by atoms with Gasteiger partial charge in [0.1, 0.15) is 6.61 Å². The van der Waals surface area contributed by atoms with Gasteiger partial charge in [-0.15, -0.1) is 0 Å². The first-order valence-corrected chi connectivity index (χ1v) is 7.14. The molecule has 0 spiro atoms. The molecule has 0 aliphatic carbocycles. The SMILES string of the molecule is [3H]CCOC(=O)Nc1cc(NC(=O)OC2C=CC(=O)OC2)ccc1C. The lowest BCUT2D eigenvalue weighted by molar-refractivity contribution is -0.141. The molecule has 1 unspecified atom stereocenters. The highest BCUT2D eigenvalue weighted by atomic mass is 16.6. The highest BCUT2D eigenvalue weighted by Crippen LogP contribution is 2.21. The second-order valence-electron chi connectivity index (χ2n) is 4.85. The molecular weight excluding hydrogens is 316 g/mol. The van der Waals surface area contributed by atoms with Crippen molar-refractivity contribution in [2.45, 2.75) is 19.9 Å². The summed E-state index contributed by atoms with van der Waals surface area (Å²) in [5.41, 5.74) is 1.63. The van der Waals surface area contributed by atoms with Crippen LogP contribution in [-0.2, 0) is 19.0 Å². The number of carbonyl (C=O) groups is 3. The number of nitrogens with one attached hydrogen (secondary N) is 2. The molecule has 2 amide bonds. The fourth-order valence-corrected chi connectivity index (χ4v) is 1.89. The zero-order valence-corrected chi connectivity index (χ0v) is 13.0. The molecule has 0 radical (unpaired) electrons. The third kappa shape index (κ3) is 5.01. The van der Waals surface area contributed by atoms with Crippen molar-refractivity contribution in [3.05, 3.63) is 35.9 Å². The standard InChI is InChI=1S/C16H18N2O6/c1-3-22-15(20)18-13-8-11(5-4-10(13)2)17-16(21)24-12-6-7-14(19)23-9-12/h4-8,12H,3,9H2,1-2H3,(H,17,21)(H,18,20)/i1T. The minimum atomic E-state index is -0.723. The summed E-state index contributed by atoms with van der Waals surface area (Å²) in [6, 6.07) is 4.90. The van der Waals surface area contributed by atoms with Gasteiger partial charge in [-0.3, -0.25) is 10.6 Å². The van der Waals surface area contributed by atoms with E-state index < -0.39 is 24.3 Å². The maximum atomic E-state index is 11.9. The van der Waals surface area contributed by atoms with Crippen molar-refractivity contribution in [1.82, 2.24) is 0 Å². The molecule has 2 N–H and O–H groups in total. The van der Waals surface area contributed by atoms with Crippen LogP contribution in [0.25, 0.3) is 0 Å². The van der Waals surface area contributed by atoms with Crippen LogP contribution in [0.4, 0.5) is 21.0 Å². The van der Waals surface area contributed by atoms with Gasteiger partial charge in [-0.2, -0.15) is 0 Å². The van der Waals surface area contributed by atoms with Gasteiger partial charge in [0.2, 0.25) is 0 Å². The lowest BCUT2D eigenvalue weighted by atomic mass is 10.2. The third-order valence-corrected chi connectivity index (χ3v) is 3.05. The molecule has 0 saturated heterocycles. The van der Waals surface area contributed by atoms with E-state index in [0.717, 1.165) is 5.56 Å². The van der Waals surface area contributed by atoms with Crippen LogP contribution in [-0.4, -0.2) is 37.5 Å². The van der Waals surface area contributed by atoms with Crippen molar-refractivity contribution in [1.29, 1.82) is 0 Å². The van der Waals surface area contributed by atoms with Crippen LogP contribution >= 0.6 is 0 Å². The van der Waals surface area contributed by atoms with Gasteiger partial charge in [-0.25, -0.2) is 14.4 Å². The number of anilines is 2. The number of carbonyl (C=O) groups excluding carboxylic acids is 3. The number of rotatable bonds is 4. The molecule has 1 heterocycles. The van der Waals surface area contributed by atoms with E-state index in [2.05, 4.69) is 10.6 Å². The molecule has 0 fully saturated rings. The normalized spacial score (nSPS) is 16.6. The van der Waals surface area contributed by atoms with Gasteiger partial charge in [0, 0.05) is 18.8 Å². The van der Waals surface area contributed by atoms with Crippen molar-refractivity contribution in [2.24, 2.45) is 0 Å². The molecule has 1 aromatic rings. The van der Waals surface area contributed by atoms with Crippen LogP contribution < -0.4 is 10.6 Å². The molecule has 128 valence electrons. The summed E-state index contributed by atoms with van der Waals surface area (Å²) < 4.78 is 21.6. The topological polar surface area (TPSA) is 103 Å². The predicted molar refractivity (Wildman–Crippen MR) is 85.8 cm³/mol. The smallest absolute Gasteiger partial charge is 0.412 e. The van der Waals surface area contributed by atoms with E-state index in [0.29, 0.717) is 11.4 Å². The number of hydrogen-bond donors (Lipinski definition) is 2. The summed E-state index contributed by atoms with van der Waals surface area (Å²) in [5, 5.41) is 5.07. The zero-order valence-electron chi connectivity index (χ0n) is 14.0. The van der Waals surface area contributed by atoms with Gasteiger partial charge in [0.05, 0.1) is 6.61 Å². The second-order valence-corrected chi connectivity index (χ2v) is 4.85. The van der Waals surface area contributed by atoms with E-state index in [4.69, 9.17) is 15.6 Å². The molecular formula is C16H18N2O6. The van der Waals surface area contributed by atoms with Crippen molar-refractivity contribution < 1.29 is 30.0 Å². The van der Waals surface area contributed by atoms with Crippen LogP contribution in [0.15, 0.2) is 30.4 Å². The number of benzene rings is 1. The van der Waals surface area contributed by atoms with Gasteiger partial charge in [-0.1, -0.05) is 6.07 Å². The molecule has 8 nitrogen and oxygen atoms in total. The summed E-state index contributed by atoms with van der Waals surface area (Å²) in [6.07, 6.45) is 0.581. The number of amides is 2. The van der Waals surface area contributed by atoms with E-state index >= 15 is 0 Å². The lowest BCUT2D eigenvalue weighted by Crippen LogP contribution is -2.28. The van der Waals surface area contributed by atoms with E-state index in [-0.39, 0.29) is 20.1 Å². The molecule has 1 aliphatic heterocycles. The van der Waals surface area contributed by atoms with Crippen molar-refractivity contribution in [3.8, 4) is 0 Å². The summed E-state index contributed by atoms with van der Waals surface area (Å²) in [5.74, 6) is -0.480. The molecule has 0 aromatic heterocycles. The van der Waals surface area contributed by atoms with Crippen LogP contribution in [0.1, 0.15) is 13.8 Å². The highest BCUT2D eigenvalue weighted by Gasteiger charge is 2.18. The summed E-state index contributed by atoms with van der Waals surface area (Å²) >= 11 is 0. The summed E-state index contributed by atoms with van der Waals surface area (Å²) in [6.45, 7) is 1.72. The van der Waals surface area contributed by atoms with Crippen LogP contribution in [0, 0.1) is 6.92 Å². The van der Waals surface area contributed by atoms with E-state index in [1.165, 1.54) is 12.2 Å². The minimum absolute atomic E-state index is 0.00533. The maximum absolute atomic E-state index is 11.9. The second kappa shape index (κ2) is 8.00. The average Bonchev–Trinajstić information content (AvgIpc) is 2.58. The molecule has 24 heavy (non-hydrogen) atoms. The number of hydrogen-bond acceptors (Lipinski definition) is 6. The van der Waals surface area contributed by atoms with Crippen molar-refractivity contribution in [2.75, 3.05) is 23.8 Å². The molecule has 0 saturated carbocycles. The van der Waals surface area contributed by atoms with Gasteiger partial charge in [0.15, 0.2) is 6.10 Å². The average molecular weight is 336 g/mol. The Labute approximate surface area is 140 Å². The Balaban J connectivity index is 1.94. The predicted octanol–water partition coefficient (Wildman–Crippen LogP) is 2.59. The maximum Gasteiger partial charge on any atom is 0.412 e. The Morgan fingerprint density at radius 3 is 2.92 bits per heavy atom. The Morgan fingerprint density at radius 2 is 2.21 bits per heavy atom. The fourth-order valence-electron chi connectivity index (χ4n) is 1.89. The Hall–Kier alpha value is -3.03. The summed E-state index contributed by atoms with van der Waals surface area (Å²) in [4.78, 5) is 34.3. The molecule has 8 heteroatoms. The Kier molecular flexibility index (Phi) is 5.28. The van der Waals surface area contributed by atoms with E-state index in [9.17, 15) is 14.4 Å². The molecule has 1 aromatic carbocycles. The van der Waals surface area contributed by atoms with Gasteiger partial charge in [0.25, 0.3) is 0 Å². The first kappa shape index (κ1) is 15.9. The quantitative estimate of drug-likeness (QED) is 0.647. The zero-order chi connectivity index (χ0) is 18.2. The van der Waals surface area contributed by atoms with E-state index in [1.807, 2.05) is 0 Å². The Bertz CT molecular complexity index is 691. The molecule has 1 aliphatic rings. The van der Waals surface area contributed by atoms with Crippen LogP contribution in [0.2, 0.25) is 0 Å². The largest absolute Gasteiger partial charge is 0.458 e. The third-order valence-electron chi connectivity index (χ3n) is 3.05. The highest BCUT2D eigenvalue weighted by molar-refractivity contribution is 5.90.